The molecule has 1 amide bonds. The zero-order valence-electron chi connectivity index (χ0n) is 10.4. The van der Waals surface area contributed by atoms with Gasteiger partial charge >= 0.3 is 5.97 Å². The van der Waals surface area contributed by atoms with Gasteiger partial charge in [-0.1, -0.05) is 34.9 Å². The molecule has 2 rings (SSSR count). The Morgan fingerprint density at radius 3 is 2.90 bits per heavy atom. The van der Waals surface area contributed by atoms with E-state index in [2.05, 4.69) is 10.2 Å². The lowest BCUT2D eigenvalue weighted by molar-refractivity contribution is -0.134. The van der Waals surface area contributed by atoms with Crippen molar-refractivity contribution in [3.63, 3.8) is 0 Å². The Bertz CT molecular complexity index is 548. The molecule has 0 aliphatic carbocycles. The largest absolute Gasteiger partial charge is 0.481 e. The molecular formula is C10H11N3O4S3. The van der Waals surface area contributed by atoms with E-state index in [-0.39, 0.29) is 22.0 Å². The monoisotopic (exact) mass is 333 g/mol. The van der Waals surface area contributed by atoms with Crippen LogP contribution in [0.5, 0.6) is 0 Å². The SMILES string of the molecule is CC(=O)SC1CC(=O)N(c2nnc(SCC(=O)O)s2)C1. The molecule has 20 heavy (non-hydrogen) atoms. The lowest BCUT2D eigenvalue weighted by Gasteiger charge is -2.10. The van der Waals surface area contributed by atoms with Gasteiger partial charge in [0.15, 0.2) is 9.45 Å². The summed E-state index contributed by atoms with van der Waals surface area (Å²) >= 11 is 3.41. The third-order valence-corrected chi connectivity index (χ3v) is 5.41. The van der Waals surface area contributed by atoms with Crippen molar-refractivity contribution in [1.29, 1.82) is 0 Å². The van der Waals surface area contributed by atoms with Crippen LogP contribution >= 0.6 is 34.9 Å². The van der Waals surface area contributed by atoms with Gasteiger partial charge in [-0.15, -0.1) is 10.2 Å². The predicted molar refractivity (Wildman–Crippen MR) is 77.3 cm³/mol. The van der Waals surface area contributed by atoms with Crippen LogP contribution in [0.15, 0.2) is 4.34 Å². The summed E-state index contributed by atoms with van der Waals surface area (Å²) in [5.41, 5.74) is 0. The predicted octanol–water partition coefficient (Wildman–Crippen LogP) is 1.10. The van der Waals surface area contributed by atoms with Crippen LogP contribution in [0.1, 0.15) is 13.3 Å². The summed E-state index contributed by atoms with van der Waals surface area (Å²) in [4.78, 5) is 34.9. The molecule has 0 spiro atoms. The highest BCUT2D eigenvalue weighted by Gasteiger charge is 2.33. The Labute approximate surface area is 127 Å². The summed E-state index contributed by atoms with van der Waals surface area (Å²) in [5, 5.41) is 16.7. The maximum absolute atomic E-state index is 11.9. The van der Waals surface area contributed by atoms with Gasteiger partial charge in [0, 0.05) is 25.1 Å². The van der Waals surface area contributed by atoms with Crippen molar-refractivity contribution < 1.29 is 19.5 Å². The standard InChI is InChI=1S/C10H11N3O4S3/c1-5(14)19-6-2-7(15)13(3-6)9-11-12-10(20-9)18-4-8(16)17/h6H,2-4H2,1H3,(H,16,17). The van der Waals surface area contributed by atoms with Crippen molar-refractivity contribution in [2.24, 2.45) is 0 Å². The first-order valence-corrected chi connectivity index (χ1v) is 8.29. The molecule has 1 aromatic rings. The molecule has 1 aliphatic rings. The Hall–Kier alpha value is -1.13. The first kappa shape index (κ1) is 15.3. The second-order valence-electron chi connectivity index (χ2n) is 3.97. The minimum atomic E-state index is -0.929. The summed E-state index contributed by atoms with van der Waals surface area (Å²) in [7, 11) is 0. The molecule has 2 heterocycles. The van der Waals surface area contributed by atoms with E-state index in [0.717, 1.165) is 23.5 Å². The van der Waals surface area contributed by atoms with Gasteiger partial charge in [-0.05, 0) is 0 Å². The summed E-state index contributed by atoms with van der Waals surface area (Å²) in [5.74, 6) is -1.11. The van der Waals surface area contributed by atoms with E-state index >= 15 is 0 Å². The molecule has 1 aromatic heterocycles. The van der Waals surface area contributed by atoms with Crippen LogP contribution in [0, 0.1) is 0 Å². The van der Waals surface area contributed by atoms with Crippen LogP contribution in [0.2, 0.25) is 0 Å². The molecule has 1 fully saturated rings. The molecule has 1 atom stereocenters. The molecule has 1 N–H and O–H groups in total. The number of rotatable bonds is 5. The van der Waals surface area contributed by atoms with Gasteiger partial charge in [-0.25, -0.2) is 0 Å². The third kappa shape index (κ3) is 3.93. The average Bonchev–Trinajstić information content (AvgIpc) is 2.92. The zero-order valence-corrected chi connectivity index (χ0v) is 12.9. The van der Waals surface area contributed by atoms with Crippen molar-refractivity contribution in [2.45, 2.75) is 22.9 Å². The molecule has 0 radical (unpaired) electrons. The van der Waals surface area contributed by atoms with Crippen molar-refractivity contribution in [3.8, 4) is 0 Å². The normalized spacial score (nSPS) is 18.6. The Balaban J connectivity index is 1.99. The van der Waals surface area contributed by atoms with Gasteiger partial charge in [-0.2, -0.15) is 0 Å². The van der Waals surface area contributed by atoms with Gasteiger partial charge in [0.25, 0.3) is 0 Å². The number of hydrogen-bond acceptors (Lipinski definition) is 8. The Morgan fingerprint density at radius 1 is 1.50 bits per heavy atom. The molecule has 10 heteroatoms. The number of hydrogen-bond donors (Lipinski definition) is 1. The van der Waals surface area contributed by atoms with Gasteiger partial charge < -0.3 is 5.11 Å². The number of aliphatic carboxylic acids is 1. The highest BCUT2D eigenvalue weighted by atomic mass is 32.2. The van der Waals surface area contributed by atoms with Crippen LogP contribution in [0.4, 0.5) is 5.13 Å². The van der Waals surface area contributed by atoms with E-state index in [4.69, 9.17) is 5.11 Å². The molecule has 0 saturated carbocycles. The second kappa shape index (κ2) is 6.55. The lowest BCUT2D eigenvalue weighted by atomic mass is 10.4. The van der Waals surface area contributed by atoms with Gasteiger partial charge in [-0.3, -0.25) is 19.3 Å². The second-order valence-corrected chi connectivity index (χ2v) is 7.63. The number of carboxylic acid groups (broad SMARTS) is 1. The number of thioether (sulfide) groups is 2. The molecular weight excluding hydrogens is 322 g/mol. The van der Waals surface area contributed by atoms with E-state index in [1.54, 1.807) is 0 Å². The first-order valence-electron chi connectivity index (χ1n) is 5.61. The molecule has 7 nitrogen and oxygen atoms in total. The van der Waals surface area contributed by atoms with Crippen LogP contribution in [-0.2, 0) is 14.4 Å². The zero-order chi connectivity index (χ0) is 14.7. The molecule has 1 saturated heterocycles. The van der Waals surface area contributed by atoms with E-state index in [0.29, 0.717) is 22.4 Å². The number of amides is 1. The van der Waals surface area contributed by atoms with E-state index in [1.165, 1.54) is 23.2 Å². The van der Waals surface area contributed by atoms with E-state index in [9.17, 15) is 14.4 Å². The van der Waals surface area contributed by atoms with E-state index in [1.807, 2.05) is 0 Å². The summed E-state index contributed by atoms with van der Waals surface area (Å²) in [6.07, 6.45) is 0.307. The van der Waals surface area contributed by atoms with Crippen LogP contribution in [0.25, 0.3) is 0 Å². The Kier molecular flexibility index (Phi) is 5.00. The topological polar surface area (TPSA) is 100 Å². The van der Waals surface area contributed by atoms with E-state index < -0.39 is 5.97 Å². The van der Waals surface area contributed by atoms with Gasteiger partial charge in [0.1, 0.15) is 0 Å². The van der Waals surface area contributed by atoms with Crippen LogP contribution in [-0.4, -0.2) is 49.8 Å². The number of anilines is 1. The van der Waals surface area contributed by atoms with Gasteiger partial charge in [0.2, 0.25) is 11.0 Å². The maximum atomic E-state index is 11.9. The fourth-order valence-corrected chi connectivity index (χ4v) is 4.17. The third-order valence-electron chi connectivity index (χ3n) is 2.37. The molecule has 0 bridgehead atoms. The number of nitrogens with zero attached hydrogens (tertiary/aromatic N) is 3. The van der Waals surface area contributed by atoms with Crippen LogP contribution < -0.4 is 4.90 Å². The number of carboxylic acids is 1. The van der Waals surface area contributed by atoms with Gasteiger partial charge in [0.05, 0.1) is 5.75 Å². The maximum Gasteiger partial charge on any atom is 0.313 e. The summed E-state index contributed by atoms with van der Waals surface area (Å²) < 4.78 is 0.512. The van der Waals surface area contributed by atoms with Crippen molar-refractivity contribution >= 4 is 57.0 Å². The molecule has 1 aliphatic heterocycles. The highest BCUT2D eigenvalue weighted by molar-refractivity contribution is 8.14. The fraction of sp³-hybridized carbons (Fsp3) is 0.500. The molecule has 108 valence electrons. The fourth-order valence-electron chi connectivity index (χ4n) is 1.67. The molecule has 0 aromatic carbocycles. The lowest BCUT2D eigenvalue weighted by Crippen LogP contribution is -2.24. The smallest absolute Gasteiger partial charge is 0.313 e. The number of carbonyl (C=O) groups excluding carboxylic acids is 2. The van der Waals surface area contributed by atoms with Crippen molar-refractivity contribution in [3.05, 3.63) is 0 Å². The summed E-state index contributed by atoms with van der Waals surface area (Å²) in [6.45, 7) is 1.91. The number of aromatic nitrogens is 2. The van der Waals surface area contributed by atoms with Crippen molar-refractivity contribution in [1.82, 2.24) is 10.2 Å². The Morgan fingerprint density at radius 2 is 2.25 bits per heavy atom. The first-order chi connectivity index (χ1) is 9.45. The highest BCUT2D eigenvalue weighted by Crippen LogP contribution is 2.33. The average molecular weight is 333 g/mol. The quantitative estimate of drug-likeness (QED) is 0.631. The van der Waals surface area contributed by atoms with Crippen LogP contribution in [0.3, 0.4) is 0 Å². The number of carbonyl (C=O) groups is 3. The molecule has 1 unspecified atom stereocenters. The minimum Gasteiger partial charge on any atom is -0.481 e. The minimum absolute atomic E-state index is 0.0142. The summed E-state index contributed by atoms with van der Waals surface area (Å²) in [6, 6.07) is 0. The van der Waals surface area contributed by atoms with Crippen molar-refractivity contribution in [2.75, 3.05) is 17.2 Å².